The highest BCUT2D eigenvalue weighted by molar-refractivity contribution is 9.10. The smallest absolute Gasteiger partial charge is 0.319 e. The second-order valence-electron chi connectivity index (χ2n) is 7.75. The van der Waals surface area contributed by atoms with E-state index < -0.39 is 6.04 Å². The molecule has 1 aliphatic heterocycles. The second-order valence-corrected chi connectivity index (χ2v) is 8.61. The van der Waals surface area contributed by atoms with Crippen molar-refractivity contribution in [3.05, 3.63) is 100 Å². The summed E-state index contributed by atoms with van der Waals surface area (Å²) in [5, 5.41) is 2.59. The Morgan fingerprint density at radius 1 is 1.03 bits per heavy atom. The maximum atomic E-state index is 12.3. The lowest BCUT2D eigenvalue weighted by molar-refractivity contribution is -0.128. The van der Waals surface area contributed by atoms with Gasteiger partial charge in [-0.05, 0) is 51.3 Å². The predicted molar refractivity (Wildman–Crippen MR) is 133 cm³/mol. The molecule has 0 aliphatic carbocycles. The number of nitrogens with one attached hydrogen (secondary N) is 1. The average molecular weight is 528 g/mol. The molecule has 1 atom stereocenters. The van der Waals surface area contributed by atoms with Gasteiger partial charge in [-0.25, -0.2) is 9.18 Å². The van der Waals surface area contributed by atoms with Gasteiger partial charge in [0.25, 0.3) is 0 Å². The molecular weight excluding hydrogens is 501 g/mol. The number of hydrogen-bond acceptors (Lipinski definition) is 3. The van der Waals surface area contributed by atoms with Crippen molar-refractivity contribution < 1.29 is 18.7 Å². The van der Waals surface area contributed by atoms with Crippen LogP contribution in [-0.4, -0.2) is 48.5 Å². The molecular formula is C26H27BrFN3O3. The summed E-state index contributed by atoms with van der Waals surface area (Å²) < 4.78 is 18.6. The number of carbonyl (C=O) groups is 2. The molecule has 3 aromatic rings. The molecule has 0 unspecified atom stereocenters. The lowest BCUT2D eigenvalue weighted by atomic mass is 10.0. The van der Waals surface area contributed by atoms with E-state index in [1.807, 2.05) is 54.6 Å². The number of nitrogens with zero attached hydrogens (tertiary/aromatic N) is 2. The van der Waals surface area contributed by atoms with Crippen molar-refractivity contribution in [3.63, 3.8) is 0 Å². The van der Waals surface area contributed by atoms with E-state index in [1.165, 1.54) is 6.07 Å². The molecule has 4 rings (SSSR count). The van der Waals surface area contributed by atoms with Crippen LogP contribution in [0.3, 0.4) is 0 Å². The van der Waals surface area contributed by atoms with Crippen LogP contribution in [0.1, 0.15) is 11.1 Å². The fourth-order valence-corrected chi connectivity index (χ4v) is 3.74. The van der Waals surface area contributed by atoms with Crippen LogP contribution >= 0.6 is 15.9 Å². The molecule has 0 saturated carbocycles. The van der Waals surface area contributed by atoms with Crippen LogP contribution < -0.4 is 10.1 Å². The zero-order valence-electron chi connectivity index (χ0n) is 19.1. The summed E-state index contributed by atoms with van der Waals surface area (Å²) in [7, 11) is 3.28. The molecule has 0 radical (unpaired) electrons. The van der Waals surface area contributed by atoms with E-state index in [4.69, 9.17) is 4.74 Å². The van der Waals surface area contributed by atoms with Gasteiger partial charge in [0.2, 0.25) is 5.91 Å². The number of carbonyl (C=O) groups excluding carboxylic acids is 2. The SMILES string of the molecule is CNC(=O)N1CN(C)C(=O)[C@@H]1Cc1ccc(OCc2ccccc2)cc1.Fc1ccccc1Br. The van der Waals surface area contributed by atoms with Crippen molar-refractivity contribution in [2.24, 2.45) is 0 Å². The lowest BCUT2D eigenvalue weighted by Gasteiger charge is -2.21. The fraction of sp³-hybridized carbons (Fsp3) is 0.231. The Morgan fingerprint density at radius 2 is 1.68 bits per heavy atom. The van der Waals surface area contributed by atoms with E-state index >= 15 is 0 Å². The first-order chi connectivity index (χ1) is 16.4. The molecule has 1 saturated heterocycles. The molecule has 0 bridgehead atoms. The van der Waals surface area contributed by atoms with E-state index in [-0.39, 0.29) is 17.8 Å². The summed E-state index contributed by atoms with van der Waals surface area (Å²) in [5.41, 5.74) is 2.09. The monoisotopic (exact) mass is 527 g/mol. The molecule has 1 N–H and O–H groups in total. The Balaban J connectivity index is 0.000000343. The third-order valence-corrected chi connectivity index (χ3v) is 5.94. The normalized spacial score (nSPS) is 14.9. The largest absolute Gasteiger partial charge is 0.489 e. The lowest BCUT2D eigenvalue weighted by Crippen LogP contribution is -2.44. The Bertz CT molecular complexity index is 1070. The maximum Gasteiger partial charge on any atom is 0.319 e. The number of benzene rings is 3. The highest BCUT2D eigenvalue weighted by Gasteiger charge is 2.38. The van der Waals surface area contributed by atoms with Crippen LogP contribution in [0.2, 0.25) is 0 Å². The van der Waals surface area contributed by atoms with Gasteiger partial charge in [-0.2, -0.15) is 0 Å². The number of ether oxygens (including phenoxy) is 1. The Morgan fingerprint density at radius 3 is 2.26 bits per heavy atom. The highest BCUT2D eigenvalue weighted by Crippen LogP contribution is 2.20. The van der Waals surface area contributed by atoms with E-state index in [0.717, 1.165) is 16.9 Å². The molecule has 3 amide bonds. The van der Waals surface area contributed by atoms with Crippen molar-refractivity contribution in [2.45, 2.75) is 19.1 Å². The van der Waals surface area contributed by atoms with Crippen LogP contribution in [0.5, 0.6) is 5.75 Å². The van der Waals surface area contributed by atoms with Gasteiger partial charge >= 0.3 is 6.03 Å². The minimum atomic E-state index is -0.476. The van der Waals surface area contributed by atoms with Gasteiger partial charge in [-0.3, -0.25) is 9.69 Å². The van der Waals surface area contributed by atoms with Crippen molar-refractivity contribution in [1.29, 1.82) is 0 Å². The number of urea groups is 1. The van der Waals surface area contributed by atoms with Gasteiger partial charge in [-0.15, -0.1) is 0 Å². The standard InChI is InChI=1S/C20H23N3O3.C6H4BrF/c1-21-20(25)23-14-22(2)19(24)18(23)12-15-8-10-17(11-9-15)26-13-16-6-4-3-5-7-16;7-5-3-1-2-4-6(5)8/h3-11,18H,12-14H2,1-2H3,(H,21,25);1-4H/t18-;/m0./s1. The Kier molecular flexibility index (Phi) is 9.04. The maximum absolute atomic E-state index is 12.3. The molecule has 1 aliphatic rings. The van der Waals surface area contributed by atoms with Crippen molar-refractivity contribution in [1.82, 2.24) is 15.1 Å². The first-order valence-electron chi connectivity index (χ1n) is 10.8. The number of likely N-dealkylation sites (N-methyl/N-ethyl adjacent to an activating group) is 1. The molecule has 8 heteroatoms. The van der Waals surface area contributed by atoms with Gasteiger partial charge in [0.1, 0.15) is 24.2 Å². The summed E-state index contributed by atoms with van der Waals surface area (Å²) >= 11 is 3.02. The van der Waals surface area contributed by atoms with Crippen molar-refractivity contribution in [2.75, 3.05) is 20.8 Å². The summed E-state index contributed by atoms with van der Waals surface area (Å²) in [5.74, 6) is 0.515. The van der Waals surface area contributed by atoms with Crippen LogP contribution in [-0.2, 0) is 17.8 Å². The van der Waals surface area contributed by atoms with E-state index in [0.29, 0.717) is 24.2 Å². The van der Waals surface area contributed by atoms with E-state index in [1.54, 1.807) is 42.1 Å². The highest BCUT2D eigenvalue weighted by atomic mass is 79.9. The zero-order valence-corrected chi connectivity index (χ0v) is 20.7. The number of amides is 3. The van der Waals surface area contributed by atoms with Gasteiger partial charge < -0.3 is 15.0 Å². The zero-order chi connectivity index (χ0) is 24.5. The number of rotatable bonds is 5. The third kappa shape index (κ3) is 6.81. The second kappa shape index (κ2) is 12.2. The van der Waals surface area contributed by atoms with Crippen LogP contribution in [0.4, 0.5) is 9.18 Å². The van der Waals surface area contributed by atoms with Crippen LogP contribution in [0.25, 0.3) is 0 Å². The molecule has 34 heavy (non-hydrogen) atoms. The summed E-state index contributed by atoms with van der Waals surface area (Å²) in [4.78, 5) is 27.5. The first-order valence-corrected chi connectivity index (χ1v) is 11.6. The van der Waals surface area contributed by atoms with E-state index in [2.05, 4.69) is 21.2 Å². The number of halogens is 2. The minimum Gasteiger partial charge on any atom is -0.489 e. The summed E-state index contributed by atoms with van der Waals surface area (Å²) in [6.45, 7) is 0.817. The van der Waals surface area contributed by atoms with Crippen molar-refractivity contribution in [3.8, 4) is 5.75 Å². The molecule has 6 nitrogen and oxygen atoms in total. The Hall–Kier alpha value is -3.39. The average Bonchev–Trinajstić information content (AvgIpc) is 3.14. The number of hydrogen-bond donors (Lipinski definition) is 1. The molecule has 1 fully saturated rings. The fourth-order valence-electron chi connectivity index (χ4n) is 3.46. The molecule has 0 aromatic heterocycles. The molecule has 0 spiro atoms. The predicted octanol–water partition coefficient (Wildman–Crippen LogP) is 4.84. The van der Waals surface area contributed by atoms with Crippen LogP contribution in [0.15, 0.2) is 83.3 Å². The minimum absolute atomic E-state index is 0.0435. The van der Waals surface area contributed by atoms with Crippen molar-refractivity contribution >= 4 is 27.9 Å². The van der Waals surface area contributed by atoms with Gasteiger partial charge in [-0.1, -0.05) is 54.6 Å². The van der Waals surface area contributed by atoms with Gasteiger partial charge in [0.05, 0.1) is 11.1 Å². The molecule has 3 aromatic carbocycles. The quantitative estimate of drug-likeness (QED) is 0.516. The van der Waals surface area contributed by atoms with Crippen LogP contribution in [0, 0.1) is 5.82 Å². The molecule has 178 valence electrons. The summed E-state index contributed by atoms with van der Waals surface area (Å²) in [6.07, 6.45) is 0.482. The van der Waals surface area contributed by atoms with Gasteiger partial charge in [0, 0.05) is 20.5 Å². The first kappa shape index (κ1) is 25.2. The molecule has 1 heterocycles. The third-order valence-electron chi connectivity index (χ3n) is 5.30. The topological polar surface area (TPSA) is 61.9 Å². The Labute approximate surface area is 207 Å². The van der Waals surface area contributed by atoms with E-state index in [9.17, 15) is 14.0 Å². The summed E-state index contributed by atoms with van der Waals surface area (Å²) in [6, 6.07) is 23.4. The van der Waals surface area contributed by atoms with Gasteiger partial charge in [0.15, 0.2) is 0 Å².